The van der Waals surface area contributed by atoms with Crippen LogP contribution < -0.4 is 11.1 Å². The summed E-state index contributed by atoms with van der Waals surface area (Å²) in [6, 6.07) is 0.407. The molecule has 0 aromatic rings. The van der Waals surface area contributed by atoms with Crippen LogP contribution in [0.1, 0.15) is 39.5 Å². The molecule has 2 atom stereocenters. The van der Waals surface area contributed by atoms with Crippen molar-refractivity contribution < 1.29 is 14.7 Å². The first-order valence-electron chi connectivity index (χ1n) is 6.20. The van der Waals surface area contributed by atoms with Crippen LogP contribution in [-0.2, 0) is 9.59 Å². The van der Waals surface area contributed by atoms with E-state index < -0.39 is 17.8 Å². The predicted molar refractivity (Wildman–Crippen MR) is 64.3 cm³/mol. The van der Waals surface area contributed by atoms with E-state index in [1.807, 2.05) is 0 Å². The molecule has 0 aromatic carbocycles. The van der Waals surface area contributed by atoms with Crippen LogP contribution in [-0.4, -0.2) is 29.1 Å². The molecule has 2 unspecified atom stereocenters. The molecule has 0 heterocycles. The van der Waals surface area contributed by atoms with Gasteiger partial charge in [0.05, 0.1) is 5.92 Å². The van der Waals surface area contributed by atoms with E-state index in [1.165, 1.54) is 0 Å². The van der Waals surface area contributed by atoms with Gasteiger partial charge < -0.3 is 16.2 Å². The fraction of sp³-hybridized carbons (Fsp3) is 0.833. The van der Waals surface area contributed by atoms with Crippen molar-refractivity contribution in [2.45, 2.75) is 51.6 Å². The number of amides is 1. The molecule has 0 saturated heterocycles. The second kappa shape index (κ2) is 6.00. The number of aliphatic carboxylic acids is 1. The van der Waals surface area contributed by atoms with Crippen LogP contribution in [0.3, 0.4) is 0 Å². The molecule has 1 rings (SSSR count). The second-order valence-corrected chi connectivity index (χ2v) is 5.04. The van der Waals surface area contributed by atoms with Gasteiger partial charge in [-0.15, -0.1) is 0 Å². The predicted octanol–water partition coefficient (Wildman–Crippen LogP) is 0.729. The highest BCUT2D eigenvalue weighted by Crippen LogP contribution is 2.18. The maximum atomic E-state index is 11.8. The summed E-state index contributed by atoms with van der Waals surface area (Å²) in [5.41, 5.74) is 5.79. The summed E-state index contributed by atoms with van der Waals surface area (Å²) in [7, 11) is 0. The molecule has 0 spiro atoms. The van der Waals surface area contributed by atoms with Crippen molar-refractivity contribution >= 4 is 11.9 Å². The molecule has 0 aliphatic heterocycles. The molecule has 4 N–H and O–H groups in total. The van der Waals surface area contributed by atoms with Gasteiger partial charge in [-0.1, -0.05) is 13.8 Å². The molecule has 1 amide bonds. The Labute approximate surface area is 102 Å². The molecule has 98 valence electrons. The minimum Gasteiger partial charge on any atom is -0.481 e. The van der Waals surface area contributed by atoms with Gasteiger partial charge in [0.1, 0.15) is 0 Å². The van der Waals surface area contributed by atoms with E-state index in [4.69, 9.17) is 10.8 Å². The van der Waals surface area contributed by atoms with E-state index in [2.05, 4.69) is 5.32 Å². The maximum Gasteiger partial charge on any atom is 0.307 e. The summed E-state index contributed by atoms with van der Waals surface area (Å²) in [5, 5.41) is 11.8. The molecular formula is C12H22N2O3. The van der Waals surface area contributed by atoms with Crippen LogP contribution in [0.25, 0.3) is 0 Å². The lowest BCUT2D eigenvalue weighted by Crippen LogP contribution is -2.44. The highest BCUT2D eigenvalue weighted by Gasteiger charge is 2.28. The van der Waals surface area contributed by atoms with E-state index in [0.29, 0.717) is 0 Å². The lowest BCUT2D eigenvalue weighted by molar-refractivity contribution is -0.146. The lowest BCUT2D eigenvalue weighted by atomic mass is 9.90. The Balaban J connectivity index is 2.41. The zero-order chi connectivity index (χ0) is 13.0. The molecule has 1 aliphatic rings. The Morgan fingerprint density at radius 1 is 1.18 bits per heavy atom. The Hall–Kier alpha value is -1.10. The molecule has 5 heteroatoms. The topological polar surface area (TPSA) is 92.4 Å². The van der Waals surface area contributed by atoms with Gasteiger partial charge in [0, 0.05) is 18.0 Å². The monoisotopic (exact) mass is 242 g/mol. The fourth-order valence-electron chi connectivity index (χ4n) is 2.04. The van der Waals surface area contributed by atoms with Crippen LogP contribution in [0.15, 0.2) is 0 Å². The zero-order valence-electron chi connectivity index (χ0n) is 10.5. The molecule has 0 radical (unpaired) electrons. The van der Waals surface area contributed by atoms with Gasteiger partial charge in [0.2, 0.25) is 5.91 Å². The first kappa shape index (κ1) is 14.0. The van der Waals surface area contributed by atoms with Crippen LogP contribution in [0.5, 0.6) is 0 Å². The quantitative estimate of drug-likeness (QED) is 0.677. The minimum absolute atomic E-state index is 0.158. The van der Waals surface area contributed by atoms with Crippen molar-refractivity contribution in [1.82, 2.24) is 5.32 Å². The van der Waals surface area contributed by atoms with Crippen LogP contribution in [0, 0.1) is 11.8 Å². The Bertz CT molecular complexity index is 285. The van der Waals surface area contributed by atoms with Crippen LogP contribution in [0.4, 0.5) is 0 Å². The average Bonchev–Trinajstić information content (AvgIpc) is 2.30. The van der Waals surface area contributed by atoms with Crippen LogP contribution >= 0.6 is 0 Å². The molecular weight excluding hydrogens is 220 g/mol. The summed E-state index contributed by atoms with van der Waals surface area (Å²) in [6.07, 6.45) is 3.63. The molecule has 1 fully saturated rings. The van der Waals surface area contributed by atoms with E-state index in [1.54, 1.807) is 13.8 Å². The number of nitrogens with two attached hydrogens (primary N) is 1. The highest BCUT2D eigenvalue weighted by atomic mass is 16.4. The number of carboxylic acid groups (broad SMARTS) is 1. The lowest BCUT2D eigenvalue weighted by Gasteiger charge is -2.28. The first-order valence-corrected chi connectivity index (χ1v) is 6.20. The number of hydrogen-bond acceptors (Lipinski definition) is 3. The van der Waals surface area contributed by atoms with Crippen molar-refractivity contribution in [3.8, 4) is 0 Å². The molecule has 1 aliphatic carbocycles. The molecule has 0 bridgehead atoms. The minimum atomic E-state index is -0.932. The maximum absolute atomic E-state index is 11.8. The van der Waals surface area contributed by atoms with Crippen LogP contribution in [0.2, 0.25) is 0 Å². The highest BCUT2D eigenvalue weighted by molar-refractivity contribution is 5.84. The molecule has 17 heavy (non-hydrogen) atoms. The van der Waals surface area contributed by atoms with Crippen molar-refractivity contribution in [2.75, 3.05) is 0 Å². The summed E-state index contributed by atoms with van der Waals surface area (Å²) < 4.78 is 0. The standard InChI is InChI=1S/C12H22N2O3/c1-7(8(2)12(16)17)11(15)14-10-5-3-9(13)4-6-10/h7-10H,3-6,13H2,1-2H3,(H,14,15)(H,16,17). The number of carbonyl (C=O) groups excluding carboxylic acids is 1. The SMILES string of the molecule is CC(C(=O)O)C(C)C(=O)NC1CCC(N)CC1. The van der Waals surface area contributed by atoms with Crippen molar-refractivity contribution in [3.63, 3.8) is 0 Å². The van der Waals surface area contributed by atoms with E-state index in [9.17, 15) is 9.59 Å². The summed E-state index contributed by atoms with van der Waals surface area (Å²) >= 11 is 0. The normalized spacial score (nSPS) is 28.2. The largest absolute Gasteiger partial charge is 0.481 e. The Kier molecular flexibility index (Phi) is 4.93. The number of rotatable bonds is 4. The van der Waals surface area contributed by atoms with Gasteiger partial charge >= 0.3 is 5.97 Å². The van der Waals surface area contributed by atoms with Gasteiger partial charge in [-0.25, -0.2) is 0 Å². The third-order valence-corrected chi connectivity index (χ3v) is 3.67. The van der Waals surface area contributed by atoms with Gasteiger partial charge in [-0.3, -0.25) is 9.59 Å². The van der Waals surface area contributed by atoms with E-state index in [0.717, 1.165) is 25.7 Å². The smallest absolute Gasteiger partial charge is 0.307 e. The van der Waals surface area contributed by atoms with Gasteiger partial charge in [0.25, 0.3) is 0 Å². The number of nitrogens with one attached hydrogen (secondary N) is 1. The third-order valence-electron chi connectivity index (χ3n) is 3.67. The molecule has 0 aromatic heterocycles. The van der Waals surface area contributed by atoms with Crippen molar-refractivity contribution in [1.29, 1.82) is 0 Å². The van der Waals surface area contributed by atoms with Gasteiger partial charge in [0.15, 0.2) is 0 Å². The van der Waals surface area contributed by atoms with Gasteiger partial charge in [-0.05, 0) is 25.7 Å². The number of carboxylic acids is 1. The van der Waals surface area contributed by atoms with Crippen molar-refractivity contribution in [3.05, 3.63) is 0 Å². The van der Waals surface area contributed by atoms with Gasteiger partial charge in [-0.2, -0.15) is 0 Å². The average molecular weight is 242 g/mol. The molecule has 5 nitrogen and oxygen atoms in total. The first-order chi connectivity index (χ1) is 7.91. The Morgan fingerprint density at radius 2 is 1.71 bits per heavy atom. The summed E-state index contributed by atoms with van der Waals surface area (Å²) in [4.78, 5) is 22.6. The number of carbonyl (C=O) groups is 2. The fourth-order valence-corrected chi connectivity index (χ4v) is 2.04. The van der Waals surface area contributed by atoms with E-state index >= 15 is 0 Å². The third kappa shape index (κ3) is 4.00. The second-order valence-electron chi connectivity index (χ2n) is 5.04. The zero-order valence-corrected chi connectivity index (χ0v) is 10.5. The summed E-state index contributed by atoms with van der Waals surface area (Å²) in [5.74, 6) is -2.25. The van der Waals surface area contributed by atoms with E-state index in [-0.39, 0.29) is 18.0 Å². The Morgan fingerprint density at radius 3 is 2.18 bits per heavy atom. The van der Waals surface area contributed by atoms with Crippen molar-refractivity contribution in [2.24, 2.45) is 17.6 Å². The summed E-state index contributed by atoms with van der Waals surface area (Å²) in [6.45, 7) is 3.21. The number of hydrogen-bond donors (Lipinski definition) is 3. The molecule has 1 saturated carbocycles.